The standard InChI is InChI=1S/C17H21NO4/c1-21-12-5-6-15(14(9-12)17(20)22-2)18-16(19)13-8-10-3-4-11(13)7-10/h5-6,9-11,13H,3-4,7-8H2,1-2H3,(H,18,19). The van der Waals surface area contributed by atoms with Crippen LogP contribution in [0.25, 0.3) is 0 Å². The van der Waals surface area contributed by atoms with Gasteiger partial charge in [-0.3, -0.25) is 4.79 Å². The normalized spacial score (nSPS) is 25.8. The van der Waals surface area contributed by atoms with Crippen LogP contribution in [0.15, 0.2) is 18.2 Å². The molecule has 22 heavy (non-hydrogen) atoms. The average molecular weight is 303 g/mol. The summed E-state index contributed by atoms with van der Waals surface area (Å²) >= 11 is 0. The monoisotopic (exact) mass is 303 g/mol. The van der Waals surface area contributed by atoms with Gasteiger partial charge in [-0.15, -0.1) is 0 Å². The van der Waals surface area contributed by atoms with E-state index in [-0.39, 0.29) is 11.8 Å². The lowest BCUT2D eigenvalue weighted by molar-refractivity contribution is -0.121. The third-order valence-corrected chi connectivity index (χ3v) is 4.96. The molecule has 3 unspecified atom stereocenters. The summed E-state index contributed by atoms with van der Waals surface area (Å²) < 4.78 is 9.92. The molecule has 1 amide bonds. The summed E-state index contributed by atoms with van der Waals surface area (Å²) in [4.78, 5) is 24.4. The number of esters is 1. The van der Waals surface area contributed by atoms with Gasteiger partial charge in [0.05, 0.1) is 25.5 Å². The van der Waals surface area contributed by atoms with Gasteiger partial charge >= 0.3 is 5.97 Å². The lowest BCUT2D eigenvalue weighted by Crippen LogP contribution is -2.28. The molecule has 2 fully saturated rings. The van der Waals surface area contributed by atoms with Crippen LogP contribution in [0.4, 0.5) is 5.69 Å². The molecule has 2 bridgehead atoms. The van der Waals surface area contributed by atoms with Crippen LogP contribution in [-0.2, 0) is 9.53 Å². The Balaban J connectivity index is 1.79. The van der Waals surface area contributed by atoms with Crippen molar-refractivity contribution in [1.82, 2.24) is 0 Å². The van der Waals surface area contributed by atoms with Crippen molar-refractivity contribution in [2.45, 2.75) is 25.7 Å². The number of carbonyl (C=O) groups excluding carboxylic acids is 2. The van der Waals surface area contributed by atoms with Gasteiger partial charge in [0.2, 0.25) is 5.91 Å². The lowest BCUT2D eigenvalue weighted by Gasteiger charge is -2.21. The van der Waals surface area contributed by atoms with Crippen molar-refractivity contribution in [1.29, 1.82) is 0 Å². The first-order valence-corrected chi connectivity index (χ1v) is 7.69. The Hall–Kier alpha value is -2.04. The number of hydrogen-bond donors (Lipinski definition) is 1. The van der Waals surface area contributed by atoms with Gasteiger partial charge < -0.3 is 14.8 Å². The molecule has 118 valence electrons. The van der Waals surface area contributed by atoms with Crippen molar-refractivity contribution in [2.75, 3.05) is 19.5 Å². The number of hydrogen-bond acceptors (Lipinski definition) is 4. The van der Waals surface area contributed by atoms with Crippen molar-refractivity contribution in [3.05, 3.63) is 23.8 Å². The SMILES string of the molecule is COC(=O)c1cc(OC)ccc1NC(=O)C1CC2CCC1C2. The number of methoxy groups -OCH3 is 2. The molecule has 1 aromatic rings. The Morgan fingerprint density at radius 3 is 2.59 bits per heavy atom. The van der Waals surface area contributed by atoms with Crippen LogP contribution in [0.2, 0.25) is 0 Å². The van der Waals surface area contributed by atoms with E-state index in [0.717, 1.165) is 12.8 Å². The van der Waals surface area contributed by atoms with E-state index in [9.17, 15) is 9.59 Å². The lowest BCUT2D eigenvalue weighted by atomic mass is 9.88. The minimum absolute atomic E-state index is 0.0162. The fourth-order valence-corrected chi connectivity index (χ4v) is 3.83. The topological polar surface area (TPSA) is 64.6 Å². The van der Waals surface area contributed by atoms with Crippen LogP contribution in [0.5, 0.6) is 5.75 Å². The second-order valence-corrected chi connectivity index (χ2v) is 6.17. The van der Waals surface area contributed by atoms with E-state index in [2.05, 4.69) is 5.32 Å². The molecule has 5 heteroatoms. The van der Waals surface area contributed by atoms with E-state index in [1.807, 2.05) is 0 Å². The number of amides is 1. The average Bonchev–Trinajstić information content (AvgIpc) is 3.17. The fraction of sp³-hybridized carbons (Fsp3) is 0.529. The quantitative estimate of drug-likeness (QED) is 0.869. The first kappa shape index (κ1) is 14.9. The number of nitrogens with one attached hydrogen (secondary N) is 1. The Kier molecular flexibility index (Phi) is 4.05. The third-order valence-electron chi connectivity index (χ3n) is 4.96. The molecular formula is C17H21NO4. The van der Waals surface area contributed by atoms with E-state index >= 15 is 0 Å². The number of fused-ring (bicyclic) bond motifs is 2. The van der Waals surface area contributed by atoms with Gasteiger partial charge in [-0.05, 0) is 49.3 Å². The minimum atomic E-state index is -0.484. The van der Waals surface area contributed by atoms with E-state index in [1.165, 1.54) is 27.1 Å². The summed E-state index contributed by atoms with van der Waals surface area (Å²) in [6.45, 7) is 0. The van der Waals surface area contributed by atoms with Crippen molar-refractivity contribution >= 4 is 17.6 Å². The van der Waals surface area contributed by atoms with Crippen molar-refractivity contribution < 1.29 is 19.1 Å². The van der Waals surface area contributed by atoms with Gasteiger partial charge in [0.1, 0.15) is 5.75 Å². The van der Waals surface area contributed by atoms with Gasteiger partial charge in [0.15, 0.2) is 0 Å². The van der Waals surface area contributed by atoms with Crippen LogP contribution in [0, 0.1) is 17.8 Å². The summed E-state index contributed by atoms with van der Waals surface area (Å²) in [5, 5.41) is 2.91. The van der Waals surface area contributed by atoms with Gasteiger partial charge in [0, 0.05) is 5.92 Å². The Morgan fingerprint density at radius 1 is 1.18 bits per heavy atom. The molecule has 3 atom stereocenters. The molecular weight excluding hydrogens is 282 g/mol. The first-order valence-electron chi connectivity index (χ1n) is 7.69. The van der Waals surface area contributed by atoms with E-state index in [1.54, 1.807) is 18.2 Å². The highest BCUT2D eigenvalue weighted by atomic mass is 16.5. The van der Waals surface area contributed by atoms with Crippen LogP contribution in [-0.4, -0.2) is 26.1 Å². The summed E-state index contributed by atoms with van der Waals surface area (Å²) in [6, 6.07) is 5.00. The van der Waals surface area contributed by atoms with E-state index < -0.39 is 5.97 Å². The fourth-order valence-electron chi connectivity index (χ4n) is 3.83. The third kappa shape index (κ3) is 2.67. The summed E-state index contributed by atoms with van der Waals surface area (Å²) in [5.41, 5.74) is 0.804. The van der Waals surface area contributed by atoms with Gasteiger partial charge in [0.25, 0.3) is 0 Å². The van der Waals surface area contributed by atoms with E-state index in [0.29, 0.717) is 28.8 Å². The summed E-state index contributed by atoms with van der Waals surface area (Å²) in [7, 11) is 2.85. The zero-order chi connectivity index (χ0) is 15.7. The molecule has 0 heterocycles. The van der Waals surface area contributed by atoms with Gasteiger partial charge in [-0.25, -0.2) is 4.79 Å². The second kappa shape index (κ2) is 5.99. The predicted molar refractivity (Wildman–Crippen MR) is 81.9 cm³/mol. The van der Waals surface area contributed by atoms with Crippen LogP contribution < -0.4 is 10.1 Å². The Bertz CT molecular complexity index is 598. The molecule has 0 spiro atoms. The minimum Gasteiger partial charge on any atom is -0.497 e. The highest BCUT2D eigenvalue weighted by Crippen LogP contribution is 2.48. The predicted octanol–water partition coefficient (Wildman–Crippen LogP) is 2.86. The smallest absolute Gasteiger partial charge is 0.340 e. The number of rotatable bonds is 4. The Morgan fingerprint density at radius 2 is 2.00 bits per heavy atom. The maximum atomic E-state index is 12.5. The van der Waals surface area contributed by atoms with Crippen molar-refractivity contribution in [3.63, 3.8) is 0 Å². The molecule has 3 rings (SSSR count). The number of ether oxygens (including phenoxy) is 2. The van der Waals surface area contributed by atoms with Gasteiger partial charge in [-0.1, -0.05) is 6.42 Å². The highest BCUT2D eigenvalue weighted by Gasteiger charge is 2.43. The van der Waals surface area contributed by atoms with Crippen LogP contribution in [0.1, 0.15) is 36.0 Å². The molecule has 0 saturated heterocycles. The molecule has 5 nitrogen and oxygen atoms in total. The molecule has 2 saturated carbocycles. The number of carbonyl (C=O) groups is 2. The highest BCUT2D eigenvalue weighted by molar-refractivity contribution is 6.02. The molecule has 2 aliphatic carbocycles. The molecule has 1 N–H and O–H groups in total. The number of anilines is 1. The van der Waals surface area contributed by atoms with E-state index in [4.69, 9.17) is 9.47 Å². The molecule has 2 aliphatic rings. The summed E-state index contributed by atoms with van der Waals surface area (Å²) in [5.74, 6) is 1.37. The van der Waals surface area contributed by atoms with Crippen LogP contribution >= 0.6 is 0 Å². The second-order valence-electron chi connectivity index (χ2n) is 6.17. The first-order chi connectivity index (χ1) is 10.6. The summed E-state index contributed by atoms with van der Waals surface area (Å²) in [6.07, 6.45) is 4.55. The number of benzene rings is 1. The Labute approximate surface area is 130 Å². The zero-order valence-corrected chi connectivity index (χ0v) is 12.9. The van der Waals surface area contributed by atoms with Gasteiger partial charge in [-0.2, -0.15) is 0 Å². The molecule has 0 radical (unpaired) electrons. The molecule has 1 aromatic carbocycles. The largest absolute Gasteiger partial charge is 0.497 e. The maximum Gasteiger partial charge on any atom is 0.340 e. The van der Waals surface area contributed by atoms with Crippen LogP contribution in [0.3, 0.4) is 0 Å². The van der Waals surface area contributed by atoms with Crippen molar-refractivity contribution in [2.24, 2.45) is 17.8 Å². The zero-order valence-electron chi connectivity index (χ0n) is 12.9. The molecule has 0 aliphatic heterocycles. The maximum absolute atomic E-state index is 12.5. The van der Waals surface area contributed by atoms with Crippen molar-refractivity contribution in [3.8, 4) is 5.75 Å². The molecule has 0 aromatic heterocycles.